The number of rotatable bonds is 2. The Labute approximate surface area is 95.4 Å². The van der Waals surface area contributed by atoms with Gasteiger partial charge in [0.2, 0.25) is 9.84 Å². The van der Waals surface area contributed by atoms with Crippen LogP contribution in [0.5, 0.6) is 0 Å². The molecule has 0 bridgehead atoms. The van der Waals surface area contributed by atoms with Crippen LogP contribution in [0.2, 0.25) is 0 Å². The third-order valence-electron chi connectivity index (χ3n) is 2.82. The summed E-state index contributed by atoms with van der Waals surface area (Å²) in [5, 5.41) is 1.11. The smallest absolute Gasteiger partial charge is 0.216 e. The normalized spacial score (nSPS) is 16.2. The maximum absolute atomic E-state index is 11.8. The first-order valence-electron chi connectivity index (χ1n) is 5.35. The Hall–Kier alpha value is -1.23. The van der Waals surface area contributed by atoms with E-state index in [2.05, 4.69) is 16.5 Å². The standard InChI is InChI=1S/C11H14N2O2S/c1-2-16(14,15)11-9-6-4-3-5-7-10(9)12-8-13-11/h2,8H,1,3-7H2. The van der Waals surface area contributed by atoms with Crippen molar-refractivity contribution in [3.8, 4) is 0 Å². The molecule has 0 fully saturated rings. The predicted octanol–water partition coefficient (Wildman–Crippen LogP) is 1.66. The van der Waals surface area contributed by atoms with E-state index in [0.29, 0.717) is 0 Å². The SMILES string of the molecule is C=CS(=O)(=O)c1ncnc2c1CCCCC2. The Morgan fingerprint density at radius 1 is 1.19 bits per heavy atom. The molecule has 16 heavy (non-hydrogen) atoms. The molecule has 86 valence electrons. The molecule has 0 aliphatic heterocycles. The van der Waals surface area contributed by atoms with Crippen LogP contribution in [0.25, 0.3) is 0 Å². The van der Waals surface area contributed by atoms with Crippen LogP contribution >= 0.6 is 0 Å². The van der Waals surface area contributed by atoms with E-state index in [1.807, 2.05) is 0 Å². The minimum Gasteiger partial charge on any atom is -0.241 e. The molecule has 0 spiro atoms. The van der Waals surface area contributed by atoms with Crippen molar-refractivity contribution in [2.75, 3.05) is 0 Å². The Balaban J connectivity index is 2.59. The summed E-state index contributed by atoms with van der Waals surface area (Å²) in [6, 6.07) is 0. The zero-order valence-corrected chi connectivity index (χ0v) is 9.83. The third kappa shape index (κ3) is 2.00. The van der Waals surface area contributed by atoms with Gasteiger partial charge in [0.25, 0.3) is 0 Å². The zero-order valence-electron chi connectivity index (χ0n) is 9.02. The molecule has 1 aliphatic rings. The maximum Gasteiger partial charge on any atom is 0.216 e. The molecule has 0 saturated carbocycles. The van der Waals surface area contributed by atoms with Crippen LogP contribution in [0.3, 0.4) is 0 Å². The summed E-state index contributed by atoms with van der Waals surface area (Å²) in [4.78, 5) is 8.08. The van der Waals surface area contributed by atoms with Crippen LogP contribution in [0, 0.1) is 0 Å². The first-order valence-corrected chi connectivity index (χ1v) is 6.90. The maximum atomic E-state index is 11.8. The van der Waals surface area contributed by atoms with Crippen molar-refractivity contribution in [2.45, 2.75) is 37.1 Å². The van der Waals surface area contributed by atoms with Crippen molar-refractivity contribution < 1.29 is 8.42 Å². The van der Waals surface area contributed by atoms with Gasteiger partial charge in [-0.25, -0.2) is 18.4 Å². The molecule has 1 aliphatic carbocycles. The molecule has 0 amide bonds. The second kappa shape index (κ2) is 4.33. The average molecular weight is 238 g/mol. The van der Waals surface area contributed by atoms with Crippen LogP contribution in [-0.4, -0.2) is 18.4 Å². The molecular weight excluding hydrogens is 224 g/mol. The Kier molecular flexibility index (Phi) is 3.05. The van der Waals surface area contributed by atoms with Gasteiger partial charge in [-0.1, -0.05) is 13.0 Å². The summed E-state index contributed by atoms with van der Waals surface area (Å²) in [7, 11) is -3.44. The van der Waals surface area contributed by atoms with Gasteiger partial charge in [0.15, 0.2) is 5.03 Å². The number of hydrogen-bond donors (Lipinski definition) is 0. The molecule has 1 aromatic rings. The molecule has 1 aromatic heterocycles. The van der Waals surface area contributed by atoms with Gasteiger partial charge in [0.1, 0.15) is 6.33 Å². The molecule has 0 N–H and O–H groups in total. The van der Waals surface area contributed by atoms with Crippen molar-refractivity contribution in [3.05, 3.63) is 29.6 Å². The van der Waals surface area contributed by atoms with Crippen molar-refractivity contribution in [2.24, 2.45) is 0 Å². The van der Waals surface area contributed by atoms with Crippen molar-refractivity contribution in [1.29, 1.82) is 0 Å². The van der Waals surface area contributed by atoms with Crippen molar-refractivity contribution in [3.63, 3.8) is 0 Å². The van der Waals surface area contributed by atoms with Gasteiger partial charge in [-0.15, -0.1) is 0 Å². The fourth-order valence-electron chi connectivity index (χ4n) is 1.99. The number of aryl methyl sites for hydroxylation is 1. The number of fused-ring (bicyclic) bond motifs is 1. The minimum absolute atomic E-state index is 0.148. The van der Waals surface area contributed by atoms with Gasteiger partial charge in [0, 0.05) is 16.7 Å². The van der Waals surface area contributed by atoms with Gasteiger partial charge < -0.3 is 0 Å². The van der Waals surface area contributed by atoms with Crippen LogP contribution < -0.4 is 0 Å². The largest absolute Gasteiger partial charge is 0.241 e. The van der Waals surface area contributed by atoms with Crippen molar-refractivity contribution >= 4 is 9.84 Å². The quantitative estimate of drug-likeness (QED) is 0.581. The van der Waals surface area contributed by atoms with Crippen LogP contribution in [0.1, 0.15) is 30.5 Å². The summed E-state index contributed by atoms with van der Waals surface area (Å²) in [6.45, 7) is 3.33. The van der Waals surface area contributed by atoms with E-state index in [1.165, 1.54) is 6.33 Å². The topological polar surface area (TPSA) is 59.9 Å². The highest BCUT2D eigenvalue weighted by Gasteiger charge is 2.21. The Morgan fingerprint density at radius 3 is 2.69 bits per heavy atom. The van der Waals surface area contributed by atoms with Crippen LogP contribution in [-0.2, 0) is 22.7 Å². The molecule has 5 heteroatoms. The number of aromatic nitrogens is 2. The second-order valence-corrected chi connectivity index (χ2v) is 5.69. The molecule has 1 heterocycles. The molecular formula is C11H14N2O2S. The summed E-state index contributed by atoms with van der Waals surface area (Å²) in [5.41, 5.74) is 1.67. The second-order valence-electron chi connectivity index (χ2n) is 3.88. The molecule has 4 nitrogen and oxygen atoms in total. The average Bonchev–Trinajstić information content (AvgIpc) is 2.53. The van der Waals surface area contributed by atoms with E-state index >= 15 is 0 Å². The monoisotopic (exact) mass is 238 g/mol. The van der Waals surface area contributed by atoms with Crippen LogP contribution in [0.15, 0.2) is 23.3 Å². The lowest BCUT2D eigenvalue weighted by atomic mass is 10.1. The van der Waals surface area contributed by atoms with Crippen molar-refractivity contribution in [1.82, 2.24) is 9.97 Å². The summed E-state index contributed by atoms with van der Waals surface area (Å²) in [6.07, 6.45) is 6.11. The van der Waals surface area contributed by atoms with E-state index in [-0.39, 0.29) is 5.03 Å². The van der Waals surface area contributed by atoms with E-state index in [0.717, 1.165) is 48.8 Å². The fraction of sp³-hybridized carbons (Fsp3) is 0.455. The van der Waals surface area contributed by atoms with E-state index < -0.39 is 9.84 Å². The summed E-state index contributed by atoms with van der Waals surface area (Å²) >= 11 is 0. The van der Waals surface area contributed by atoms with Gasteiger partial charge in [0.05, 0.1) is 0 Å². The molecule has 0 unspecified atom stereocenters. The first-order chi connectivity index (χ1) is 7.65. The lowest BCUT2D eigenvalue weighted by Gasteiger charge is -2.08. The lowest BCUT2D eigenvalue weighted by molar-refractivity contribution is 0.598. The number of nitrogens with zero attached hydrogens (tertiary/aromatic N) is 2. The van der Waals surface area contributed by atoms with E-state index in [1.54, 1.807) is 0 Å². The number of hydrogen-bond acceptors (Lipinski definition) is 4. The molecule has 0 radical (unpaired) electrons. The zero-order chi connectivity index (χ0) is 11.6. The highest BCUT2D eigenvalue weighted by molar-refractivity contribution is 7.94. The van der Waals surface area contributed by atoms with E-state index in [4.69, 9.17) is 0 Å². The highest BCUT2D eigenvalue weighted by Crippen LogP contribution is 2.24. The highest BCUT2D eigenvalue weighted by atomic mass is 32.2. The Morgan fingerprint density at radius 2 is 1.94 bits per heavy atom. The lowest BCUT2D eigenvalue weighted by Crippen LogP contribution is -2.08. The summed E-state index contributed by atoms with van der Waals surface area (Å²) in [5.74, 6) is 0. The van der Waals surface area contributed by atoms with Gasteiger partial charge in [-0.2, -0.15) is 0 Å². The minimum atomic E-state index is -3.44. The first kappa shape index (κ1) is 11.3. The van der Waals surface area contributed by atoms with Gasteiger partial charge in [-0.05, 0) is 25.7 Å². The Bertz CT molecular complexity index is 509. The molecule has 0 saturated heterocycles. The number of sulfone groups is 1. The predicted molar refractivity (Wildman–Crippen MR) is 60.7 cm³/mol. The van der Waals surface area contributed by atoms with E-state index in [9.17, 15) is 8.42 Å². The molecule has 2 rings (SSSR count). The third-order valence-corrected chi connectivity index (χ3v) is 4.15. The van der Waals surface area contributed by atoms with Crippen LogP contribution in [0.4, 0.5) is 0 Å². The molecule has 0 aromatic carbocycles. The van der Waals surface area contributed by atoms with Gasteiger partial charge >= 0.3 is 0 Å². The fourth-order valence-corrected chi connectivity index (χ4v) is 2.91. The molecule has 0 atom stereocenters. The van der Waals surface area contributed by atoms with Gasteiger partial charge in [-0.3, -0.25) is 0 Å². The summed E-state index contributed by atoms with van der Waals surface area (Å²) < 4.78 is 23.6.